The molecule has 0 amide bonds. The fraction of sp³-hybridized carbons (Fsp3) is 0.556. The maximum absolute atomic E-state index is 3.30. The van der Waals surface area contributed by atoms with Gasteiger partial charge in [-0.3, -0.25) is 0 Å². The molecule has 0 saturated heterocycles. The normalized spacial score (nSPS) is 23.3. The third kappa shape index (κ3) is 2.49. The molecule has 108 valence electrons. The van der Waals surface area contributed by atoms with Gasteiger partial charge < -0.3 is 9.88 Å². The monoisotopic (exact) mass is 270 g/mol. The lowest BCUT2D eigenvalue weighted by Crippen LogP contribution is -2.18. The van der Waals surface area contributed by atoms with Crippen molar-refractivity contribution in [1.82, 2.24) is 9.88 Å². The molecule has 1 aliphatic rings. The number of benzene rings is 1. The van der Waals surface area contributed by atoms with Crippen molar-refractivity contribution in [2.45, 2.75) is 51.6 Å². The molecule has 1 aliphatic carbocycles. The van der Waals surface area contributed by atoms with E-state index in [1.54, 1.807) is 0 Å². The Labute approximate surface area is 122 Å². The van der Waals surface area contributed by atoms with Gasteiger partial charge in [0.2, 0.25) is 0 Å². The van der Waals surface area contributed by atoms with Gasteiger partial charge in [-0.15, -0.1) is 0 Å². The van der Waals surface area contributed by atoms with Gasteiger partial charge in [0, 0.05) is 18.8 Å². The minimum absolute atomic E-state index is 0.702. The largest absolute Gasteiger partial charge is 0.344 e. The highest BCUT2D eigenvalue weighted by Crippen LogP contribution is 2.36. The Balaban J connectivity index is 1.92. The molecule has 3 rings (SSSR count). The Kier molecular flexibility index (Phi) is 4.11. The molecule has 1 aromatic heterocycles. The fourth-order valence-electron chi connectivity index (χ4n) is 3.76. The highest BCUT2D eigenvalue weighted by Gasteiger charge is 2.22. The molecule has 1 fully saturated rings. The average molecular weight is 270 g/mol. The fourth-order valence-corrected chi connectivity index (χ4v) is 3.76. The van der Waals surface area contributed by atoms with Crippen molar-refractivity contribution in [1.29, 1.82) is 0 Å². The zero-order valence-electron chi connectivity index (χ0n) is 12.7. The van der Waals surface area contributed by atoms with Gasteiger partial charge >= 0.3 is 0 Å². The first-order valence-corrected chi connectivity index (χ1v) is 8.06. The van der Waals surface area contributed by atoms with Crippen LogP contribution in [0.2, 0.25) is 0 Å². The van der Waals surface area contributed by atoms with Crippen molar-refractivity contribution < 1.29 is 0 Å². The summed E-state index contributed by atoms with van der Waals surface area (Å²) in [5.74, 6) is 0.963. The number of nitrogens with zero attached hydrogens (tertiary/aromatic N) is 1. The zero-order valence-corrected chi connectivity index (χ0v) is 12.7. The van der Waals surface area contributed by atoms with Crippen LogP contribution >= 0.6 is 0 Å². The summed E-state index contributed by atoms with van der Waals surface area (Å²) in [5.41, 5.74) is 2.87. The van der Waals surface area contributed by atoms with Gasteiger partial charge in [-0.25, -0.2) is 0 Å². The molecule has 0 spiro atoms. The van der Waals surface area contributed by atoms with Gasteiger partial charge in [0.1, 0.15) is 0 Å². The molecule has 0 aliphatic heterocycles. The summed E-state index contributed by atoms with van der Waals surface area (Å²) in [7, 11) is 2.03. The smallest absolute Gasteiger partial charge is 0.0528 e. The van der Waals surface area contributed by atoms with E-state index in [0.29, 0.717) is 6.04 Å². The number of fused-ring (bicyclic) bond motifs is 1. The maximum Gasteiger partial charge on any atom is 0.0528 e. The summed E-state index contributed by atoms with van der Waals surface area (Å²) in [6.45, 7) is 3.28. The lowest BCUT2D eigenvalue weighted by Gasteiger charge is -2.30. The molecule has 1 saturated carbocycles. The van der Waals surface area contributed by atoms with Crippen LogP contribution in [0, 0.1) is 5.92 Å². The van der Waals surface area contributed by atoms with Crippen molar-refractivity contribution in [2.75, 3.05) is 7.05 Å². The molecular weight excluding hydrogens is 244 g/mol. The van der Waals surface area contributed by atoms with Crippen LogP contribution < -0.4 is 5.32 Å². The van der Waals surface area contributed by atoms with E-state index in [1.807, 2.05) is 7.05 Å². The van der Waals surface area contributed by atoms with Crippen LogP contribution in [0.5, 0.6) is 0 Å². The van der Waals surface area contributed by atoms with E-state index in [-0.39, 0.29) is 0 Å². The molecule has 0 bridgehead atoms. The van der Waals surface area contributed by atoms with Crippen molar-refractivity contribution in [3.05, 3.63) is 36.0 Å². The van der Waals surface area contributed by atoms with E-state index in [4.69, 9.17) is 0 Å². The van der Waals surface area contributed by atoms with Gasteiger partial charge in [0.15, 0.2) is 0 Å². The molecule has 0 atom stereocenters. The summed E-state index contributed by atoms with van der Waals surface area (Å²) < 4.78 is 2.55. The summed E-state index contributed by atoms with van der Waals surface area (Å²) in [5, 5.41) is 4.68. The summed E-state index contributed by atoms with van der Waals surface area (Å²) in [6, 6.07) is 9.65. The second kappa shape index (κ2) is 6.01. The zero-order chi connectivity index (χ0) is 13.9. The van der Waals surface area contributed by atoms with Crippen LogP contribution in [-0.4, -0.2) is 11.6 Å². The van der Waals surface area contributed by atoms with Crippen LogP contribution in [-0.2, 0) is 6.54 Å². The van der Waals surface area contributed by atoms with Crippen molar-refractivity contribution in [3.63, 3.8) is 0 Å². The first-order chi connectivity index (χ1) is 9.83. The first kappa shape index (κ1) is 13.7. The van der Waals surface area contributed by atoms with E-state index in [1.165, 1.54) is 48.6 Å². The third-order valence-electron chi connectivity index (χ3n) is 4.98. The topological polar surface area (TPSA) is 17.0 Å². The van der Waals surface area contributed by atoms with E-state index in [0.717, 1.165) is 12.5 Å². The molecule has 0 unspecified atom stereocenters. The average Bonchev–Trinajstić information content (AvgIpc) is 2.93. The van der Waals surface area contributed by atoms with E-state index >= 15 is 0 Å². The molecule has 2 heteroatoms. The number of hydrogen-bond acceptors (Lipinski definition) is 1. The predicted molar refractivity (Wildman–Crippen MR) is 86.0 cm³/mol. The van der Waals surface area contributed by atoms with Crippen molar-refractivity contribution in [3.8, 4) is 0 Å². The van der Waals surface area contributed by atoms with Gasteiger partial charge in [-0.1, -0.05) is 31.5 Å². The highest BCUT2D eigenvalue weighted by molar-refractivity contribution is 5.83. The van der Waals surface area contributed by atoms with Crippen LogP contribution in [0.3, 0.4) is 0 Å². The molecule has 1 heterocycles. The Morgan fingerprint density at radius 2 is 1.95 bits per heavy atom. The number of para-hydroxylation sites is 1. The molecule has 0 radical (unpaired) electrons. The predicted octanol–water partition coefficient (Wildman–Crippen LogP) is 4.50. The molecule has 1 N–H and O–H groups in total. The third-order valence-corrected chi connectivity index (χ3v) is 4.98. The standard InChI is InChI=1S/C18H26N2/c1-3-14-7-9-17(10-8-14)20-12-11-15-5-4-6-16(13-19-2)18(15)20/h4-6,11-12,14,17,19H,3,7-10,13H2,1-2H3. The quantitative estimate of drug-likeness (QED) is 0.865. The number of aromatic nitrogens is 1. The van der Waals surface area contributed by atoms with Gasteiger partial charge in [0.25, 0.3) is 0 Å². The number of nitrogens with one attached hydrogen (secondary N) is 1. The number of hydrogen-bond donors (Lipinski definition) is 1. The van der Waals surface area contributed by atoms with Crippen molar-refractivity contribution >= 4 is 10.9 Å². The van der Waals surface area contributed by atoms with Crippen molar-refractivity contribution in [2.24, 2.45) is 5.92 Å². The van der Waals surface area contributed by atoms with Crippen LogP contribution in [0.15, 0.2) is 30.5 Å². The lowest BCUT2D eigenvalue weighted by atomic mass is 9.84. The van der Waals surface area contributed by atoms with Crippen LogP contribution in [0.25, 0.3) is 10.9 Å². The molecule has 20 heavy (non-hydrogen) atoms. The second-order valence-corrected chi connectivity index (χ2v) is 6.19. The molecule has 2 aromatic rings. The van der Waals surface area contributed by atoms with Gasteiger partial charge in [-0.05, 0) is 55.7 Å². The minimum atomic E-state index is 0.702. The van der Waals surface area contributed by atoms with Gasteiger partial charge in [-0.2, -0.15) is 0 Å². The maximum atomic E-state index is 3.30. The Hall–Kier alpha value is -1.28. The Bertz CT molecular complexity index is 562. The lowest BCUT2D eigenvalue weighted by molar-refractivity contribution is 0.273. The Morgan fingerprint density at radius 3 is 2.65 bits per heavy atom. The first-order valence-electron chi connectivity index (χ1n) is 8.06. The molecule has 1 aromatic carbocycles. The summed E-state index contributed by atoms with van der Waals surface area (Å²) >= 11 is 0. The molecule has 2 nitrogen and oxygen atoms in total. The minimum Gasteiger partial charge on any atom is -0.344 e. The SMILES string of the molecule is CCC1CCC(n2ccc3cccc(CNC)c32)CC1. The highest BCUT2D eigenvalue weighted by atomic mass is 15.0. The van der Waals surface area contributed by atoms with Crippen LogP contribution in [0.4, 0.5) is 0 Å². The second-order valence-electron chi connectivity index (χ2n) is 6.19. The summed E-state index contributed by atoms with van der Waals surface area (Å²) in [6.07, 6.45) is 9.14. The molecular formula is C18H26N2. The summed E-state index contributed by atoms with van der Waals surface area (Å²) in [4.78, 5) is 0. The van der Waals surface area contributed by atoms with Crippen LogP contribution in [0.1, 0.15) is 50.6 Å². The van der Waals surface area contributed by atoms with E-state index in [2.05, 4.69) is 47.3 Å². The number of rotatable bonds is 4. The Morgan fingerprint density at radius 1 is 1.15 bits per heavy atom. The van der Waals surface area contributed by atoms with Gasteiger partial charge in [0.05, 0.1) is 5.52 Å². The van der Waals surface area contributed by atoms with E-state index in [9.17, 15) is 0 Å². The van der Waals surface area contributed by atoms with E-state index < -0.39 is 0 Å².